The van der Waals surface area contributed by atoms with E-state index in [0.717, 1.165) is 50.2 Å². The summed E-state index contributed by atoms with van der Waals surface area (Å²) in [5.74, 6) is 0.932. The largest absolute Gasteiger partial charge is 0.416 e. The number of sulfone groups is 1. The molecule has 0 saturated carbocycles. The SMILES string of the molecule is CC(Cc1ccc(C(F)(F)F)cc1)CN1CCC2(C1)CS(=O)(=O)C2. The minimum absolute atomic E-state index is 0.0348. The van der Waals surface area contributed by atoms with Gasteiger partial charge in [-0.2, -0.15) is 13.2 Å². The first kappa shape index (κ1) is 17.7. The minimum atomic E-state index is -4.29. The molecule has 0 aromatic heterocycles. The molecule has 2 fully saturated rings. The second-order valence-electron chi connectivity index (χ2n) is 7.52. The summed E-state index contributed by atoms with van der Waals surface area (Å²) in [6.45, 7) is 4.67. The van der Waals surface area contributed by atoms with Gasteiger partial charge in [0.05, 0.1) is 17.1 Å². The molecule has 24 heavy (non-hydrogen) atoms. The Hall–Kier alpha value is -1.08. The van der Waals surface area contributed by atoms with E-state index in [2.05, 4.69) is 11.8 Å². The Balaban J connectivity index is 1.50. The number of benzene rings is 1. The van der Waals surface area contributed by atoms with Crippen molar-refractivity contribution >= 4 is 9.84 Å². The predicted molar refractivity (Wildman–Crippen MR) is 86.5 cm³/mol. The number of hydrogen-bond acceptors (Lipinski definition) is 3. The van der Waals surface area contributed by atoms with Crippen molar-refractivity contribution in [3.05, 3.63) is 35.4 Å². The Kier molecular flexibility index (Phi) is 4.45. The van der Waals surface area contributed by atoms with Crippen molar-refractivity contribution in [2.24, 2.45) is 11.3 Å². The quantitative estimate of drug-likeness (QED) is 0.827. The molecule has 0 radical (unpaired) electrons. The highest BCUT2D eigenvalue weighted by molar-refractivity contribution is 7.92. The Morgan fingerprint density at radius 3 is 2.38 bits per heavy atom. The Bertz CT molecular complexity index is 686. The molecule has 3 rings (SSSR count). The van der Waals surface area contributed by atoms with E-state index in [1.54, 1.807) is 12.1 Å². The fourth-order valence-corrected chi connectivity index (χ4v) is 6.30. The molecule has 2 heterocycles. The van der Waals surface area contributed by atoms with E-state index in [1.165, 1.54) is 0 Å². The summed E-state index contributed by atoms with van der Waals surface area (Å²) < 4.78 is 60.5. The van der Waals surface area contributed by atoms with Crippen LogP contribution in [0.5, 0.6) is 0 Å². The standard InChI is InChI=1S/C17H22F3NO2S/c1-13(8-14-2-4-15(5-3-14)17(18,19)20)9-21-7-6-16(10-21)11-24(22,23)12-16/h2-5,13H,6-12H2,1H3. The van der Waals surface area contributed by atoms with Crippen LogP contribution in [0.25, 0.3) is 0 Å². The third-order valence-corrected chi connectivity index (χ3v) is 7.11. The fourth-order valence-electron chi connectivity index (χ4n) is 4.05. The van der Waals surface area contributed by atoms with Crippen LogP contribution in [0.4, 0.5) is 13.2 Å². The molecule has 1 aromatic rings. The van der Waals surface area contributed by atoms with Gasteiger partial charge in [-0.15, -0.1) is 0 Å². The van der Waals surface area contributed by atoms with Crippen LogP contribution in [0.15, 0.2) is 24.3 Å². The van der Waals surface area contributed by atoms with E-state index in [1.807, 2.05) is 0 Å². The molecular formula is C17H22F3NO2S. The lowest BCUT2D eigenvalue weighted by atomic mass is 9.91. The van der Waals surface area contributed by atoms with Crippen molar-refractivity contribution in [3.8, 4) is 0 Å². The second kappa shape index (κ2) is 6.02. The third kappa shape index (κ3) is 3.94. The number of nitrogens with zero attached hydrogens (tertiary/aromatic N) is 1. The van der Waals surface area contributed by atoms with Gasteiger partial charge in [0.1, 0.15) is 0 Å². The zero-order chi connectivity index (χ0) is 17.6. The molecule has 2 saturated heterocycles. The van der Waals surface area contributed by atoms with Crippen LogP contribution >= 0.6 is 0 Å². The molecular weight excluding hydrogens is 339 g/mol. The van der Waals surface area contributed by atoms with Gasteiger partial charge < -0.3 is 4.90 Å². The van der Waals surface area contributed by atoms with Gasteiger partial charge in [0.25, 0.3) is 0 Å². The van der Waals surface area contributed by atoms with Crippen LogP contribution < -0.4 is 0 Å². The van der Waals surface area contributed by atoms with E-state index < -0.39 is 21.6 Å². The highest BCUT2D eigenvalue weighted by atomic mass is 32.2. The average molecular weight is 361 g/mol. The van der Waals surface area contributed by atoms with E-state index in [4.69, 9.17) is 0 Å². The number of likely N-dealkylation sites (tertiary alicyclic amines) is 1. The highest BCUT2D eigenvalue weighted by Crippen LogP contribution is 2.41. The number of halogens is 3. The zero-order valence-corrected chi connectivity index (χ0v) is 14.5. The summed E-state index contributed by atoms with van der Waals surface area (Å²) in [5.41, 5.74) is 0.245. The summed E-state index contributed by atoms with van der Waals surface area (Å²) in [6, 6.07) is 5.35. The van der Waals surface area contributed by atoms with Gasteiger partial charge in [0.2, 0.25) is 0 Å². The first-order valence-electron chi connectivity index (χ1n) is 8.16. The molecule has 134 valence electrons. The van der Waals surface area contributed by atoms with Crippen molar-refractivity contribution in [2.45, 2.75) is 25.9 Å². The smallest absolute Gasteiger partial charge is 0.302 e. The predicted octanol–water partition coefficient (Wildman–Crippen LogP) is 3.00. The molecule has 2 aliphatic rings. The average Bonchev–Trinajstić information content (AvgIpc) is 2.79. The lowest BCUT2D eigenvalue weighted by Crippen LogP contribution is -2.50. The van der Waals surface area contributed by atoms with E-state index in [0.29, 0.717) is 17.4 Å². The first-order valence-corrected chi connectivity index (χ1v) is 9.98. The lowest BCUT2D eigenvalue weighted by molar-refractivity contribution is -0.137. The van der Waals surface area contributed by atoms with Crippen molar-refractivity contribution < 1.29 is 21.6 Å². The monoisotopic (exact) mass is 361 g/mol. The molecule has 0 bridgehead atoms. The maximum Gasteiger partial charge on any atom is 0.416 e. The number of alkyl halides is 3. The lowest BCUT2D eigenvalue weighted by Gasteiger charge is -2.37. The Morgan fingerprint density at radius 1 is 1.21 bits per heavy atom. The van der Waals surface area contributed by atoms with Crippen LogP contribution in [0.1, 0.15) is 24.5 Å². The van der Waals surface area contributed by atoms with Crippen LogP contribution in [-0.2, 0) is 22.4 Å². The molecule has 1 atom stereocenters. The Morgan fingerprint density at radius 2 is 1.83 bits per heavy atom. The van der Waals surface area contributed by atoms with Crippen LogP contribution in [-0.4, -0.2) is 44.5 Å². The van der Waals surface area contributed by atoms with Crippen LogP contribution in [0.2, 0.25) is 0 Å². The first-order chi connectivity index (χ1) is 11.1. The minimum Gasteiger partial charge on any atom is -0.302 e. The summed E-state index contributed by atoms with van der Waals surface area (Å²) in [6.07, 6.45) is -2.64. The summed E-state index contributed by atoms with van der Waals surface area (Å²) in [7, 11) is -2.81. The van der Waals surface area contributed by atoms with Crippen LogP contribution in [0, 0.1) is 11.3 Å². The molecule has 1 aromatic carbocycles. The molecule has 1 spiro atoms. The molecule has 7 heteroatoms. The highest BCUT2D eigenvalue weighted by Gasteiger charge is 2.51. The van der Waals surface area contributed by atoms with Gasteiger partial charge in [-0.3, -0.25) is 0 Å². The number of rotatable bonds is 4. The van der Waals surface area contributed by atoms with Crippen molar-refractivity contribution in [2.75, 3.05) is 31.1 Å². The Labute approximate surface area is 140 Å². The van der Waals surface area contributed by atoms with Gasteiger partial charge in [0.15, 0.2) is 9.84 Å². The van der Waals surface area contributed by atoms with Crippen molar-refractivity contribution in [1.29, 1.82) is 0 Å². The molecule has 2 aliphatic heterocycles. The molecule has 0 aliphatic carbocycles. The van der Waals surface area contributed by atoms with Crippen molar-refractivity contribution in [3.63, 3.8) is 0 Å². The van der Waals surface area contributed by atoms with Crippen LogP contribution in [0.3, 0.4) is 0 Å². The van der Waals surface area contributed by atoms with Gasteiger partial charge in [-0.1, -0.05) is 19.1 Å². The zero-order valence-electron chi connectivity index (χ0n) is 13.6. The second-order valence-corrected chi connectivity index (χ2v) is 9.59. The fraction of sp³-hybridized carbons (Fsp3) is 0.647. The molecule has 0 N–H and O–H groups in total. The number of hydrogen-bond donors (Lipinski definition) is 0. The van der Waals surface area contributed by atoms with Gasteiger partial charge in [-0.05, 0) is 43.0 Å². The topological polar surface area (TPSA) is 37.4 Å². The van der Waals surface area contributed by atoms with Gasteiger partial charge in [0, 0.05) is 18.5 Å². The maximum atomic E-state index is 12.6. The third-order valence-electron chi connectivity index (χ3n) is 5.00. The van der Waals surface area contributed by atoms with Crippen molar-refractivity contribution in [1.82, 2.24) is 4.90 Å². The normalized spacial score (nSPS) is 24.0. The van der Waals surface area contributed by atoms with Gasteiger partial charge in [-0.25, -0.2) is 8.42 Å². The molecule has 0 amide bonds. The molecule has 3 nitrogen and oxygen atoms in total. The van der Waals surface area contributed by atoms with E-state index in [9.17, 15) is 21.6 Å². The summed E-state index contributed by atoms with van der Waals surface area (Å²) in [5, 5.41) is 0. The van der Waals surface area contributed by atoms with Gasteiger partial charge >= 0.3 is 6.18 Å². The van der Waals surface area contributed by atoms with E-state index >= 15 is 0 Å². The summed E-state index contributed by atoms with van der Waals surface area (Å²) >= 11 is 0. The van der Waals surface area contributed by atoms with E-state index in [-0.39, 0.29) is 5.41 Å². The summed E-state index contributed by atoms with van der Waals surface area (Å²) in [4.78, 5) is 2.30. The maximum absolute atomic E-state index is 12.6. The molecule has 1 unspecified atom stereocenters.